The van der Waals surface area contributed by atoms with E-state index in [2.05, 4.69) is 32.6 Å². The van der Waals surface area contributed by atoms with Gasteiger partial charge < -0.3 is 4.74 Å². The van der Waals surface area contributed by atoms with Gasteiger partial charge in [0.2, 0.25) is 0 Å². The number of rotatable bonds is 5. The third-order valence-corrected chi connectivity index (χ3v) is 6.00. The number of nitrogens with zero attached hydrogens (tertiary/aromatic N) is 5. The van der Waals surface area contributed by atoms with Gasteiger partial charge in [-0.2, -0.15) is 0 Å². The molecule has 1 aromatic carbocycles. The van der Waals surface area contributed by atoms with Gasteiger partial charge in [0, 0.05) is 29.1 Å². The lowest BCUT2D eigenvalue weighted by Crippen LogP contribution is -2.54. The number of hydrogen-bond acceptors (Lipinski definition) is 4. The number of aromatic nitrogens is 1. The fraction of sp³-hybridized carbons (Fsp3) is 0.450. The topological polar surface area (TPSA) is 74.1 Å². The maximum Gasteiger partial charge on any atom is 0.119 e. The van der Waals surface area contributed by atoms with Crippen molar-refractivity contribution in [1.82, 2.24) is 9.88 Å². The first kappa shape index (κ1) is 16.9. The van der Waals surface area contributed by atoms with Crippen molar-refractivity contribution < 1.29 is 4.74 Å². The van der Waals surface area contributed by atoms with E-state index in [1.807, 2.05) is 24.3 Å². The summed E-state index contributed by atoms with van der Waals surface area (Å²) in [5.74, 6) is 1.95. The fourth-order valence-electron chi connectivity index (χ4n) is 4.64. The van der Waals surface area contributed by atoms with Crippen LogP contribution >= 0.6 is 0 Å². The van der Waals surface area contributed by atoms with Crippen LogP contribution in [0.2, 0.25) is 0 Å². The quantitative estimate of drug-likeness (QED) is 0.345. The third kappa shape index (κ3) is 2.81. The Kier molecular flexibility index (Phi) is 4.53. The van der Waals surface area contributed by atoms with E-state index in [0.29, 0.717) is 11.8 Å². The number of methoxy groups -OCH3 is 1. The average Bonchev–Trinajstić information content (AvgIpc) is 2.71. The van der Waals surface area contributed by atoms with Crippen molar-refractivity contribution in [3.8, 4) is 5.75 Å². The van der Waals surface area contributed by atoms with Crippen molar-refractivity contribution in [1.29, 1.82) is 0 Å². The summed E-state index contributed by atoms with van der Waals surface area (Å²) in [6.07, 6.45) is 6.12. The van der Waals surface area contributed by atoms with Gasteiger partial charge in [0.05, 0.1) is 18.7 Å². The molecule has 0 radical (unpaired) electrons. The fourth-order valence-corrected chi connectivity index (χ4v) is 4.64. The van der Waals surface area contributed by atoms with Gasteiger partial charge in [-0.3, -0.25) is 9.88 Å². The lowest BCUT2D eigenvalue weighted by atomic mass is 9.73. The molecular formula is C20H23N5O. The predicted octanol–water partition coefficient (Wildman–Crippen LogP) is 4.49. The molecule has 3 aliphatic heterocycles. The van der Waals surface area contributed by atoms with Crippen LogP contribution in [0.4, 0.5) is 0 Å². The summed E-state index contributed by atoms with van der Waals surface area (Å²) in [5, 5.41) is 5.23. The number of benzene rings is 1. The number of ether oxygens (including phenoxy) is 1. The molecule has 6 nitrogen and oxygen atoms in total. The van der Waals surface area contributed by atoms with E-state index in [-0.39, 0.29) is 12.1 Å². The molecule has 134 valence electrons. The van der Waals surface area contributed by atoms with Crippen molar-refractivity contribution in [2.24, 2.45) is 17.0 Å². The van der Waals surface area contributed by atoms with Crippen molar-refractivity contribution >= 4 is 10.9 Å². The van der Waals surface area contributed by atoms with Gasteiger partial charge in [-0.25, -0.2) is 0 Å². The van der Waals surface area contributed by atoms with Crippen molar-refractivity contribution in [3.05, 3.63) is 59.1 Å². The minimum absolute atomic E-state index is 0.220. The minimum Gasteiger partial charge on any atom is -0.497 e. The predicted molar refractivity (Wildman–Crippen MR) is 102 cm³/mol. The first-order valence-corrected chi connectivity index (χ1v) is 9.08. The molecule has 3 saturated heterocycles. The molecule has 26 heavy (non-hydrogen) atoms. The van der Waals surface area contributed by atoms with Gasteiger partial charge in [-0.05, 0) is 66.6 Å². The Morgan fingerprint density at radius 3 is 3.04 bits per heavy atom. The maximum absolute atomic E-state index is 9.25. The van der Waals surface area contributed by atoms with E-state index in [4.69, 9.17) is 4.74 Å². The SMILES string of the molecule is C=C[C@H]1CN2CC[C@H]1C[C@@H]2[C@H](N=[N+]=[N-])c1ccnc2ccc(OC)cc12. The van der Waals surface area contributed by atoms with Gasteiger partial charge in [0.1, 0.15) is 5.75 Å². The second-order valence-electron chi connectivity index (χ2n) is 7.18. The van der Waals surface area contributed by atoms with Gasteiger partial charge in [0.25, 0.3) is 0 Å². The minimum atomic E-state index is -0.230. The average molecular weight is 349 g/mol. The molecule has 4 heterocycles. The molecule has 0 spiro atoms. The lowest BCUT2D eigenvalue weighted by molar-refractivity contribution is 0.00758. The van der Waals surface area contributed by atoms with Crippen LogP contribution in [0.1, 0.15) is 24.4 Å². The van der Waals surface area contributed by atoms with E-state index in [9.17, 15) is 5.53 Å². The number of hydrogen-bond donors (Lipinski definition) is 0. The zero-order valence-electron chi connectivity index (χ0n) is 15.0. The summed E-state index contributed by atoms with van der Waals surface area (Å²) in [4.78, 5) is 10.1. The molecule has 0 aliphatic carbocycles. The molecule has 0 saturated carbocycles. The lowest BCUT2D eigenvalue weighted by Gasteiger charge is -2.51. The molecule has 5 atom stereocenters. The normalized spacial score (nSPS) is 28.3. The molecule has 6 heteroatoms. The van der Waals surface area contributed by atoms with E-state index in [0.717, 1.165) is 41.7 Å². The summed E-state index contributed by atoms with van der Waals surface area (Å²) in [7, 11) is 1.66. The summed E-state index contributed by atoms with van der Waals surface area (Å²) in [5.41, 5.74) is 11.2. The molecule has 1 aromatic heterocycles. The molecular weight excluding hydrogens is 326 g/mol. The highest BCUT2D eigenvalue weighted by Crippen LogP contribution is 2.43. The first-order chi connectivity index (χ1) is 12.7. The van der Waals surface area contributed by atoms with Gasteiger partial charge >= 0.3 is 0 Å². The van der Waals surface area contributed by atoms with Gasteiger partial charge in [-0.1, -0.05) is 11.2 Å². The van der Waals surface area contributed by atoms with Gasteiger partial charge in [-0.15, -0.1) is 6.58 Å². The van der Waals surface area contributed by atoms with E-state index in [1.54, 1.807) is 13.3 Å². The highest BCUT2D eigenvalue weighted by Gasteiger charge is 2.42. The number of azide groups is 1. The van der Waals surface area contributed by atoms with Crippen molar-refractivity contribution in [2.75, 3.05) is 20.2 Å². The zero-order valence-corrected chi connectivity index (χ0v) is 15.0. The van der Waals surface area contributed by atoms with Gasteiger partial charge in [0.15, 0.2) is 0 Å². The van der Waals surface area contributed by atoms with Crippen LogP contribution in [0.25, 0.3) is 21.3 Å². The Balaban J connectivity index is 1.77. The summed E-state index contributed by atoms with van der Waals surface area (Å²) in [6, 6.07) is 7.81. The van der Waals surface area contributed by atoms with E-state index < -0.39 is 0 Å². The Labute approximate surface area is 153 Å². The van der Waals surface area contributed by atoms with Crippen LogP contribution in [0.3, 0.4) is 0 Å². The molecule has 3 aliphatic rings. The standard InChI is InChI=1S/C20H23N5O/c1-3-13-12-25-9-7-14(13)10-19(25)20(23-24-21)16-6-8-22-18-5-4-15(26-2)11-17(16)18/h3-6,8,11,13-14,19-20H,1,7,9-10,12H2,2H3/t13-,14-,19+,20+/m0/s1. The molecule has 2 bridgehead atoms. The Morgan fingerprint density at radius 2 is 2.35 bits per heavy atom. The Bertz CT molecular complexity index is 876. The molecule has 3 fully saturated rings. The molecule has 1 unspecified atom stereocenters. The number of pyridine rings is 1. The number of piperidine rings is 3. The van der Waals surface area contributed by atoms with Crippen molar-refractivity contribution in [3.63, 3.8) is 0 Å². The van der Waals surface area contributed by atoms with Crippen LogP contribution in [0.5, 0.6) is 5.75 Å². The maximum atomic E-state index is 9.25. The summed E-state index contributed by atoms with van der Waals surface area (Å²) >= 11 is 0. The summed E-state index contributed by atoms with van der Waals surface area (Å²) < 4.78 is 5.39. The van der Waals surface area contributed by atoms with E-state index in [1.165, 1.54) is 6.42 Å². The van der Waals surface area contributed by atoms with Crippen LogP contribution in [-0.2, 0) is 0 Å². The Morgan fingerprint density at radius 1 is 1.46 bits per heavy atom. The second kappa shape index (κ2) is 6.98. The second-order valence-corrected chi connectivity index (χ2v) is 7.18. The molecule has 2 aromatic rings. The molecule has 5 rings (SSSR count). The highest BCUT2D eigenvalue weighted by atomic mass is 16.5. The van der Waals surface area contributed by atoms with E-state index >= 15 is 0 Å². The van der Waals surface area contributed by atoms with Crippen LogP contribution in [-0.4, -0.2) is 36.1 Å². The first-order valence-electron chi connectivity index (χ1n) is 9.08. The molecule has 0 N–H and O–H groups in total. The van der Waals surface area contributed by atoms with Crippen molar-refractivity contribution in [2.45, 2.75) is 24.9 Å². The number of fused-ring (bicyclic) bond motifs is 4. The van der Waals surface area contributed by atoms with Crippen LogP contribution in [0, 0.1) is 11.8 Å². The highest BCUT2D eigenvalue weighted by molar-refractivity contribution is 5.84. The third-order valence-electron chi connectivity index (χ3n) is 6.00. The monoisotopic (exact) mass is 349 g/mol. The zero-order chi connectivity index (χ0) is 18.1. The summed E-state index contributed by atoms with van der Waals surface area (Å²) in [6.45, 7) is 6.06. The molecule has 0 amide bonds. The smallest absolute Gasteiger partial charge is 0.119 e. The van der Waals surface area contributed by atoms with Crippen LogP contribution in [0.15, 0.2) is 48.2 Å². The largest absolute Gasteiger partial charge is 0.497 e. The van der Waals surface area contributed by atoms with Crippen LogP contribution < -0.4 is 4.74 Å². The Hall–Kier alpha value is -2.56.